The van der Waals surface area contributed by atoms with Crippen molar-refractivity contribution in [2.24, 2.45) is 0 Å². The first-order valence-electron chi connectivity index (χ1n) is 10.3. The highest BCUT2D eigenvalue weighted by Crippen LogP contribution is 2.28. The third kappa shape index (κ3) is 5.15. The minimum absolute atomic E-state index is 0.150. The van der Waals surface area contributed by atoms with E-state index >= 15 is 0 Å². The zero-order valence-corrected chi connectivity index (χ0v) is 18.0. The molecule has 0 aliphatic carbocycles. The Balaban J connectivity index is 1.55. The molecular formula is C22H24N8O3. The van der Waals surface area contributed by atoms with E-state index in [0.717, 1.165) is 30.5 Å². The van der Waals surface area contributed by atoms with E-state index in [4.69, 9.17) is 0 Å². The number of likely N-dealkylation sites (N-methyl/N-ethyl adjacent to an activating group) is 1. The molecule has 11 heteroatoms. The topological polar surface area (TPSA) is 129 Å². The van der Waals surface area contributed by atoms with Crippen LogP contribution < -0.4 is 15.5 Å². The van der Waals surface area contributed by atoms with Gasteiger partial charge >= 0.3 is 6.09 Å². The van der Waals surface area contributed by atoms with Gasteiger partial charge in [-0.3, -0.25) is 9.48 Å². The molecule has 33 heavy (non-hydrogen) atoms. The van der Waals surface area contributed by atoms with Gasteiger partial charge in [-0.05, 0) is 44.3 Å². The van der Waals surface area contributed by atoms with Crippen molar-refractivity contribution in [3.8, 4) is 0 Å². The van der Waals surface area contributed by atoms with E-state index in [1.54, 1.807) is 24.4 Å². The van der Waals surface area contributed by atoms with E-state index in [2.05, 4.69) is 44.2 Å². The van der Waals surface area contributed by atoms with Gasteiger partial charge in [0, 0.05) is 30.7 Å². The van der Waals surface area contributed by atoms with Gasteiger partial charge < -0.3 is 20.6 Å². The fraction of sp³-hybridized carbons (Fsp3) is 0.227. The maximum atomic E-state index is 12.1. The van der Waals surface area contributed by atoms with Gasteiger partial charge in [0.05, 0.1) is 23.6 Å². The first-order valence-corrected chi connectivity index (χ1v) is 10.3. The fourth-order valence-electron chi connectivity index (χ4n) is 3.65. The van der Waals surface area contributed by atoms with Crippen LogP contribution in [0.5, 0.6) is 0 Å². The summed E-state index contributed by atoms with van der Waals surface area (Å²) >= 11 is 0. The van der Waals surface area contributed by atoms with Crippen molar-refractivity contribution < 1.29 is 14.7 Å². The smallest absolute Gasteiger partial charge is 0.417 e. The second-order valence-electron chi connectivity index (χ2n) is 7.64. The Morgan fingerprint density at radius 3 is 2.88 bits per heavy atom. The number of rotatable bonds is 7. The summed E-state index contributed by atoms with van der Waals surface area (Å²) in [4.78, 5) is 35.5. The van der Waals surface area contributed by atoms with Crippen LogP contribution in [0.1, 0.15) is 12.5 Å². The van der Waals surface area contributed by atoms with Crippen LogP contribution in [0.4, 0.5) is 33.6 Å². The van der Waals surface area contributed by atoms with Gasteiger partial charge in [-0.25, -0.2) is 14.7 Å². The number of anilines is 5. The number of aromatic nitrogens is 4. The van der Waals surface area contributed by atoms with Gasteiger partial charge in [0.15, 0.2) is 0 Å². The monoisotopic (exact) mass is 448 g/mol. The highest BCUT2D eigenvalue weighted by Gasteiger charge is 2.22. The van der Waals surface area contributed by atoms with Crippen LogP contribution in [-0.2, 0) is 4.79 Å². The van der Waals surface area contributed by atoms with Crippen LogP contribution in [0.2, 0.25) is 0 Å². The number of nitrogens with one attached hydrogen (secondary N) is 2. The van der Waals surface area contributed by atoms with Crippen molar-refractivity contribution in [3.63, 3.8) is 0 Å². The normalized spacial score (nSPS) is 15.7. The number of hydrogen-bond donors (Lipinski definition) is 3. The summed E-state index contributed by atoms with van der Waals surface area (Å²) in [6.45, 7) is 5.38. The lowest BCUT2D eigenvalue weighted by molar-refractivity contribution is -0.111. The third-order valence-electron chi connectivity index (χ3n) is 5.22. The van der Waals surface area contributed by atoms with Crippen LogP contribution in [0.25, 0.3) is 0 Å². The molecular weight excluding hydrogens is 424 g/mol. The molecule has 1 atom stereocenters. The molecule has 3 N–H and O–H groups in total. The maximum Gasteiger partial charge on any atom is 0.417 e. The number of hydrogen-bond acceptors (Lipinski definition) is 7. The Hall–Kier alpha value is -4.25. The molecule has 1 aliphatic rings. The predicted molar refractivity (Wildman–Crippen MR) is 124 cm³/mol. The molecule has 1 unspecified atom stereocenters. The average Bonchev–Trinajstić information content (AvgIpc) is 3.43. The van der Waals surface area contributed by atoms with Crippen LogP contribution in [-0.4, -0.2) is 61.9 Å². The number of amides is 2. The molecule has 0 spiro atoms. The van der Waals surface area contributed by atoms with Gasteiger partial charge in [-0.15, -0.1) is 0 Å². The lowest BCUT2D eigenvalue weighted by Gasteiger charge is -2.19. The Bertz CT molecular complexity index is 1180. The summed E-state index contributed by atoms with van der Waals surface area (Å²) in [5.41, 5.74) is 1.45. The minimum atomic E-state index is -1.23. The lowest BCUT2D eigenvalue weighted by atomic mass is 10.2. The molecule has 3 heterocycles. The molecule has 1 saturated heterocycles. The van der Waals surface area contributed by atoms with Crippen molar-refractivity contribution >= 4 is 40.8 Å². The second kappa shape index (κ2) is 9.49. The molecule has 11 nitrogen and oxygen atoms in total. The first kappa shape index (κ1) is 22.0. The van der Waals surface area contributed by atoms with Crippen molar-refractivity contribution in [1.29, 1.82) is 0 Å². The molecule has 1 aliphatic heterocycles. The van der Waals surface area contributed by atoms with E-state index in [-0.39, 0.29) is 11.8 Å². The maximum absolute atomic E-state index is 12.1. The largest absolute Gasteiger partial charge is 0.464 e. The summed E-state index contributed by atoms with van der Waals surface area (Å²) < 4.78 is 1.92. The van der Waals surface area contributed by atoms with Gasteiger partial charge in [-0.1, -0.05) is 12.6 Å². The first-order chi connectivity index (χ1) is 15.9. The zero-order valence-electron chi connectivity index (χ0n) is 18.0. The standard InChI is InChI=1S/C22H24N8O3/c1-3-20(31)25-15-5-4-6-17(11-15)30(22(32)33)19-7-9-23-21(27-19)26-16-12-24-29(13-16)18-8-10-28(2)14-18/h3-7,9,11-13,18H,1,8,10,14H2,2H3,(H,25,31)(H,32,33)(H,23,26,27). The number of carbonyl (C=O) groups excluding carboxylic acids is 1. The third-order valence-corrected chi connectivity index (χ3v) is 5.22. The molecule has 0 radical (unpaired) electrons. The van der Waals surface area contributed by atoms with Gasteiger partial charge in [-0.2, -0.15) is 10.1 Å². The minimum Gasteiger partial charge on any atom is -0.464 e. The van der Waals surface area contributed by atoms with E-state index in [1.807, 2.05) is 10.9 Å². The fourth-order valence-corrected chi connectivity index (χ4v) is 3.65. The van der Waals surface area contributed by atoms with Gasteiger partial charge in [0.2, 0.25) is 11.9 Å². The number of benzene rings is 1. The van der Waals surface area contributed by atoms with E-state index in [9.17, 15) is 14.7 Å². The summed E-state index contributed by atoms with van der Waals surface area (Å²) in [6, 6.07) is 8.24. The molecule has 0 bridgehead atoms. The van der Waals surface area contributed by atoms with E-state index < -0.39 is 12.0 Å². The zero-order chi connectivity index (χ0) is 23.4. The summed E-state index contributed by atoms with van der Waals surface area (Å²) in [5.74, 6) is -0.0118. The van der Waals surface area contributed by atoms with E-state index in [1.165, 1.54) is 18.3 Å². The summed E-state index contributed by atoms with van der Waals surface area (Å²) in [6.07, 6.45) is 5.99. The number of carbonyl (C=O) groups is 2. The van der Waals surface area contributed by atoms with Gasteiger partial charge in [0.25, 0.3) is 0 Å². The Morgan fingerprint density at radius 2 is 2.15 bits per heavy atom. The van der Waals surface area contributed by atoms with E-state index in [0.29, 0.717) is 23.1 Å². The SMILES string of the molecule is C=CC(=O)Nc1cccc(N(C(=O)O)c2ccnc(Nc3cnn(C4CCN(C)C4)c3)n2)c1. The van der Waals surface area contributed by atoms with Crippen molar-refractivity contribution in [2.75, 3.05) is 35.7 Å². The Labute approximate surface area is 190 Å². The highest BCUT2D eigenvalue weighted by atomic mass is 16.4. The molecule has 4 rings (SSSR count). The quantitative estimate of drug-likeness (QED) is 0.470. The van der Waals surface area contributed by atoms with Crippen LogP contribution >= 0.6 is 0 Å². The molecule has 0 saturated carbocycles. The predicted octanol–water partition coefficient (Wildman–Crippen LogP) is 3.23. The van der Waals surface area contributed by atoms with Crippen LogP contribution in [0.3, 0.4) is 0 Å². The summed E-state index contributed by atoms with van der Waals surface area (Å²) in [7, 11) is 2.08. The van der Waals surface area contributed by atoms with Crippen LogP contribution in [0.15, 0.2) is 61.6 Å². The van der Waals surface area contributed by atoms with Crippen LogP contribution in [0, 0.1) is 0 Å². The van der Waals surface area contributed by atoms with Crippen molar-refractivity contribution in [1.82, 2.24) is 24.6 Å². The Kier molecular flexibility index (Phi) is 6.31. The average molecular weight is 448 g/mol. The highest BCUT2D eigenvalue weighted by molar-refractivity contribution is 6.00. The Morgan fingerprint density at radius 1 is 1.30 bits per heavy atom. The lowest BCUT2D eigenvalue weighted by Crippen LogP contribution is -2.25. The molecule has 1 fully saturated rings. The second-order valence-corrected chi connectivity index (χ2v) is 7.64. The number of likely N-dealkylation sites (tertiary alicyclic amines) is 1. The number of carboxylic acid groups (broad SMARTS) is 1. The van der Waals surface area contributed by atoms with Crippen molar-refractivity contribution in [2.45, 2.75) is 12.5 Å². The molecule has 2 amide bonds. The molecule has 2 aromatic heterocycles. The number of nitrogens with zero attached hydrogens (tertiary/aromatic N) is 6. The van der Waals surface area contributed by atoms with Gasteiger partial charge in [0.1, 0.15) is 5.82 Å². The molecule has 1 aromatic carbocycles. The summed E-state index contributed by atoms with van der Waals surface area (Å²) in [5, 5.41) is 20.0. The molecule has 3 aromatic rings. The van der Waals surface area contributed by atoms with Crippen molar-refractivity contribution in [3.05, 3.63) is 61.6 Å². The molecule has 170 valence electrons.